The fourth-order valence-corrected chi connectivity index (χ4v) is 3.62. The maximum atomic E-state index is 13.3. The molecule has 0 spiro atoms. The Morgan fingerprint density at radius 2 is 1.97 bits per heavy atom. The summed E-state index contributed by atoms with van der Waals surface area (Å²) < 4.78 is 28.3. The number of fused-ring (bicyclic) bond motifs is 1. The maximum Gasteiger partial charge on any atom is 0.238 e. The second kappa shape index (κ2) is 8.35. The lowest BCUT2D eigenvalue weighted by Crippen LogP contribution is -2.23. The van der Waals surface area contributed by atoms with Crippen molar-refractivity contribution in [2.45, 2.75) is 19.6 Å². The van der Waals surface area contributed by atoms with Crippen molar-refractivity contribution in [1.29, 1.82) is 0 Å². The van der Waals surface area contributed by atoms with E-state index in [4.69, 9.17) is 9.47 Å². The Kier molecular flexibility index (Phi) is 5.24. The van der Waals surface area contributed by atoms with E-state index in [1.54, 1.807) is 31.6 Å². The van der Waals surface area contributed by atoms with E-state index >= 15 is 0 Å². The van der Waals surface area contributed by atoms with Crippen molar-refractivity contribution in [2.75, 3.05) is 13.7 Å². The molecule has 4 heterocycles. The van der Waals surface area contributed by atoms with Crippen LogP contribution in [0.3, 0.4) is 0 Å². The minimum absolute atomic E-state index is 0.285. The molecule has 1 aliphatic heterocycles. The van der Waals surface area contributed by atoms with Crippen molar-refractivity contribution in [3.63, 3.8) is 0 Å². The van der Waals surface area contributed by atoms with Gasteiger partial charge >= 0.3 is 0 Å². The highest BCUT2D eigenvalue weighted by molar-refractivity contribution is 5.65. The van der Waals surface area contributed by atoms with Crippen LogP contribution in [0, 0.1) is 12.7 Å². The summed E-state index contributed by atoms with van der Waals surface area (Å²) in [4.78, 5) is 13.4. The molecule has 162 valence electrons. The Balaban J connectivity index is 1.40. The number of imidazole rings is 1. The van der Waals surface area contributed by atoms with Gasteiger partial charge < -0.3 is 14.0 Å². The number of nitrogens with zero attached hydrogens (tertiary/aromatic N) is 6. The third kappa shape index (κ3) is 3.90. The van der Waals surface area contributed by atoms with Crippen LogP contribution in [0.5, 0.6) is 5.88 Å². The predicted octanol–water partition coefficient (Wildman–Crippen LogP) is 3.60. The zero-order valence-electron chi connectivity index (χ0n) is 17.6. The lowest BCUT2D eigenvalue weighted by molar-refractivity contribution is 0.0389. The quantitative estimate of drug-likeness (QED) is 0.479. The van der Waals surface area contributed by atoms with Crippen molar-refractivity contribution >= 4 is 12.2 Å². The Hall–Kier alpha value is -3.85. The molecule has 0 saturated heterocycles. The first-order valence-corrected chi connectivity index (χ1v) is 10.2. The SMILES string of the molecule is COc1nc(C=Cc2nc3n(n2)CCO[C@H]3c2ccc(F)cc2)ccc1-n1cnc(C)c1. The summed E-state index contributed by atoms with van der Waals surface area (Å²) >= 11 is 0. The van der Waals surface area contributed by atoms with Gasteiger partial charge in [-0.15, -0.1) is 0 Å². The Morgan fingerprint density at radius 1 is 1.12 bits per heavy atom. The molecule has 8 nitrogen and oxygen atoms in total. The first kappa shape index (κ1) is 20.1. The first-order valence-electron chi connectivity index (χ1n) is 10.2. The molecule has 0 aliphatic carbocycles. The van der Waals surface area contributed by atoms with Crippen molar-refractivity contribution in [3.05, 3.63) is 83.3 Å². The summed E-state index contributed by atoms with van der Waals surface area (Å²) in [7, 11) is 1.59. The van der Waals surface area contributed by atoms with Gasteiger partial charge in [-0.05, 0) is 48.9 Å². The van der Waals surface area contributed by atoms with E-state index in [1.165, 1.54) is 12.1 Å². The second-order valence-corrected chi connectivity index (χ2v) is 7.37. The summed E-state index contributed by atoms with van der Waals surface area (Å²) in [5.41, 5.74) is 3.27. The standard InChI is InChI=1S/C23H21FN6O2/c1-15-13-29(14-25-15)19-9-7-18(26-23(19)31-2)8-10-20-27-22-21(32-12-11-30(22)28-20)16-3-5-17(24)6-4-16/h3-10,13-14,21H,11-12H2,1-2H3/t21-/m0/s1. The fraction of sp³-hybridized carbons (Fsp3) is 0.217. The Labute approximate surface area is 184 Å². The van der Waals surface area contributed by atoms with Crippen LogP contribution in [0.25, 0.3) is 17.8 Å². The van der Waals surface area contributed by atoms with Crippen LogP contribution in [0.4, 0.5) is 4.39 Å². The molecule has 0 saturated carbocycles. The van der Waals surface area contributed by atoms with Gasteiger partial charge in [-0.3, -0.25) is 0 Å². The van der Waals surface area contributed by atoms with Gasteiger partial charge in [-0.25, -0.2) is 24.0 Å². The van der Waals surface area contributed by atoms with Crippen LogP contribution in [-0.4, -0.2) is 43.0 Å². The van der Waals surface area contributed by atoms with Gasteiger partial charge in [0.15, 0.2) is 11.6 Å². The molecule has 32 heavy (non-hydrogen) atoms. The number of benzene rings is 1. The number of ether oxygens (including phenoxy) is 2. The van der Waals surface area contributed by atoms with Gasteiger partial charge in [-0.2, -0.15) is 5.10 Å². The number of rotatable bonds is 5. The van der Waals surface area contributed by atoms with E-state index in [9.17, 15) is 4.39 Å². The molecule has 9 heteroatoms. The Bertz CT molecular complexity index is 1280. The number of pyridine rings is 1. The van der Waals surface area contributed by atoms with E-state index in [-0.39, 0.29) is 11.9 Å². The van der Waals surface area contributed by atoms with Crippen LogP contribution in [0.1, 0.15) is 34.7 Å². The van der Waals surface area contributed by atoms with Gasteiger partial charge in [0.2, 0.25) is 5.88 Å². The largest absolute Gasteiger partial charge is 0.479 e. The fourth-order valence-electron chi connectivity index (χ4n) is 3.62. The molecule has 0 radical (unpaired) electrons. The van der Waals surface area contributed by atoms with Crippen LogP contribution in [0.15, 0.2) is 48.9 Å². The summed E-state index contributed by atoms with van der Waals surface area (Å²) in [6, 6.07) is 10.1. The maximum absolute atomic E-state index is 13.3. The van der Waals surface area contributed by atoms with E-state index in [2.05, 4.69) is 20.1 Å². The molecule has 5 rings (SSSR count). The number of hydrogen-bond acceptors (Lipinski definition) is 6. The van der Waals surface area contributed by atoms with Gasteiger partial charge in [0, 0.05) is 6.20 Å². The number of halogens is 1. The lowest BCUT2D eigenvalue weighted by atomic mass is 10.1. The molecule has 0 bridgehead atoms. The molecule has 0 unspecified atom stereocenters. The summed E-state index contributed by atoms with van der Waals surface area (Å²) in [6.07, 6.45) is 6.89. The van der Waals surface area contributed by atoms with Crippen molar-refractivity contribution in [3.8, 4) is 11.6 Å². The molecule has 1 atom stereocenters. The summed E-state index contributed by atoms with van der Waals surface area (Å²) in [5, 5.41) is 4.56. The van der Waals surface area contributed by atoms with Gasteiger partial charge in [-0.1, -0.05) is 12.1 Å². The Morgan fingerprint density at radius 3 is 2.72 bits per heavy atom. The van der Waals surface area contributed by atoms with E-state index < -0.39 is 0 Å². The van der Waals surface area contributed by atoms with E-state index in [1.807, 2.05) is 40.6 Å². The highest BCUT2D eigenvalue weighted by atomic mass is 19.1. The van der Waals surface area contributed by atoms with Crippen LogP contribution < -0.4 is 4.74 Å². The summed E-state index contributed by atoms with van der Waals surface area (Å²) in [6.45, 7) is 3.05. The lowest BCUT2D eigenvalue weighted by Gasteiger charge is -2.23. The molecule has 3 aromatic heterocycles. The third-order valence-electron chi connectivity index (χ3n) is 5.16. The molecular formula is C23H21FN6O2. The molecule has 1 aromatic carbocycles. The van der Waals surface area contributed by atoms with Crippen molar-refractivity contribution in [2.24, 2.45) is 0 Å². The highest BCUT2D eigenvalue weighted by Gasteiger charge is 2.26. The molecular weight excluding hydrogens is 411 g/mol. The van der Waals surface area contributed by atoms with Crippen LogP contribution in [-0.2, 0) is 11.3 Å². The minimum atomic E-state index is -0.380. The van der Waals surface area contributed by atoms with Crippen molar-refractivity contribution in [1.82, 2.24) is 29.3 Å². The first-order chi connectivity index (χ1) is 15.6. The van der Waals surface area contributed by atoms with Crippen molar-refractivity contribution < 1.29 is 13.9 Å². The van der Waals surface area contributed by atoms with Gasteiger partial charge in [0.05, 0.1) is 38.0 Å². The average molecular weight is 432 g/mol. The van der Waals surface area contributed by atoms with Crippen LogP contribution in [0.2, 0.25) is 0 Å². The number of aromatic nitrogens is 6. The zero-order chi connectivity index (χ0) is 22.1. The second-order valence-electron chi connectivity index (χ2n) is 7.37. The van der Waals surface area contributed by atoms with Gasteiger partial charge in [0.25, 0.3) is 0 Å². The monoisotopic (exact) mass is 432 g/mol. The summed E-state index contributed by atoms with van der Waals surface area (Å²) in [5.74, 6) is 1.45. The molecule has 0 fully saturated rings. The number of methoxy groups -OCH3 is 1. The molecule has 0 N–H and O–H groups in total. The van der Waals surface area contributed by atoms with E-state index in [0.717, 1.165) is 16.9 Å². The topological polar surface area (TPSA) is 79.9 Å². The number of hydrogen-bond donors (Lipinski definition) is 0. The number of aryl methyl sites for hydroxylation is 1. The molecule has 4 aromatic rings. The molecule has 1 aliphatic rings. The van der Waals surface area contributed by atoms with Crippen LogP contribution >= 0.6 is 0 Å². The smallest absolute Gasteiger partial charge is 0.238 e. The van der Waals surface area contributed by atoms with Gasteiger partial charge in [0.1, 0.15) is 17.6 Å². The zero-order valence-corrected chi connectivity index (χ0v) is 17.6. The normalized spacial score (nSPS) is 15.8. The predicted molar refractivity (Wildman–Crippen MR) is 116 cm³/mol. The average Bonchev–Trinajstić information content (AvgIpc) is 3.43. The van der Waals surface area contributed by atoms with E-state index in [0.29, 0.717) is 36.4 Å². The molecule has 0 amide bonds. The third-order valence-corrected chi connectivity index (χ3v) is 5.16. The minimum Gasteiger partial charge on any atom is -0.479 e. The highest BCUT2D eigenvalue weighted by Crippen LogP contribution is 2.28.